The van der Waals surface area contributed by atoms with Crippen LogP contribution in [0.3, 0.4) is 0 Å². The maximum atomic E-state index is 9.90. The average Bonchev–Trinajstić information content (AvgIpc) is 2.82. The molecule has 0 saturated heterocycles. The molecule has 6 heteroatoms. The largest absolute Gasteiger partial charge is 0.507 e. The summed E-state index contributed by atoms with van der Waals surface area (Å²) in [5, 5.41) is 10.4. The van der Waals surface area contributed by atoms with Gasteiger partial charge in [0.25, 0.3) is 0 Å². The van der Waals surface area contributed by atoms with Crippen molar-refractivity contribution < 1.29 is 9.84 Å². The number of phenolic OH excluding ortho intramolecular Hbond substituents is 1. The van der Waals surface area contributed by atoms with Gasteiger partial charge >= 0.3 is 0 Å². The molecule has 0 atom stereocenters. The number of ether oxygens (including phenoxy) is 1. The van der Waals surface area contributed by atoms with E-state index in [4.69, 9.17) is 16.3 Å². The first-order valence-corrected chi connectivity index (χ1v) is 5.94. The van der Waals surface area contributed by atoms with Crippen molar-refractivity contribution in [1.82, 2.24) is 15.0 Å². The molecule has 0 aliphatic carbocycles. The third-order valence-electron chi connectivity index (χ3n) is 2.76. The number of hydrogen-bond donors (Lipinski definition) is 2. The summed E-state index contributed by atoms with van der Waals surface area (Å²) in [5.74, 6) is 1.27. The Hall–Kier alpha value is -2.27. The molecule has 3 aromatic rings. The molecule has 3 rings (SSSR count). The van der Waals surface area contributed by atoms with Crippen molar-refractivity contribution >= 4 is 22.8 Å². The van der Waals surface area contributed by atoms with E-state index in [0.717, 1.165) is 0 Å². The third-order valence-corrected chi connectivity index (χ3v) is 2.97. The average molecular weight is 276 g/mol. The van der Waals surface area contributed by atoms with Crippen molar-refractivity contribution in [3.05, 3.63) is 35.5 Å². The first-order valence-electron chi connectivity index (χ1n) is 5.56. The molecule has 0 radical (unpaired) electrons. The minimum absolute atomic E-state index is 0.117. The van der Waals surface area contributed by atoms with Crippen LogP contribution in [-0.2, 0) is 0 Å². The molecule has 0 spiro atoms. The van der Waals surface area contributed by atoms with Crippen LogP contribution in [0.2, 0.25) is 5.02 Å². The second-order valence-electron chi connectivity index (χ2n) is 3.99. The van der Waals surface area contributed by atoms with E-state index >= 15 is 0 Å². The maximum absolute atomic E-state index is 9.90. The molecule has 2 aromatic heterocycles. The van der Waals surface area contributed by atoms with Crippen LogP contribution in [0.15, 0.2) is 30.5 Å². The fourth-order valence-electron chi connectivity index (χ4n) is 1.83. The molecule has 0 aliphatic heterocycles. The quantitative estimate of drug-likeness (QED) is 0.754. The Labute approximate surface area is 113 Å². The van der Waals surface area contributed by atoms with Gasteiger partial charge in [-0.2, -0.15) is 0 Å². The van der Waals surface area contributed by atoms with Gasteiger partial charge in [0.05, 0.1) is 23.2 Å². The van der Waals surface area contributed by atoms with Crippen LogP contribution >= 0.6 is 11.6 Å². The minimum Gasteiger partial charge on any atom is -0.507 e. The van der Waals surface area contributed by atoms with Crippen LogP contribution in [-0.4, -0.2) is 27.2 Å². The van der Waals surface area contributed by atoms with Crippen LogP contribution in [0, 0.1) is 0 Å². The lowest BCUT2D eigenvalue weighted by Gasteiger charge is -2.04. The standard InChI is InChI=1S/C13H10ClN3O2/c1-19-8-2-3-11(18)9(5-8)12-16-10-4-7(14)6-15-13(10)17-12/h2-6,18H,1H3,(H,15,16,17). The second kappa shape index (κ2) is 4.44. The highest BCUT2D eigenvalue weighted by Crippen LogP contribution is 2.31. The molecule has 0 amide bonds. The Morgan fingerprint density at radius 2 is 2.16 bits per heavy atom. The van der Waals surface area contributed by atoms with Gasteiger partial charge in [0, 0.05) is 6.20 Å². The first-order chi connectivity index (χ1) is 9.17. The molecule has 0 saturated carbocycles. The zero-order valence-electron chi connectivity index (χ0n) is 10.0. The van der Waals surface area contributed by atoms with Crippen molar-refractivity contribution in [2.75, 3.05) is 7.11 Å². The van der Waals surface area contributed by atoms with Gasteiger partial charge in [0.2, 0.25) is 0 Å². The van der Waals surface area contributed by atoms with Crippen molar-refractivity contribution in [3.63, 3.8) is 0 Å². The number of nitrogens with zero attached hydrogens (tertiary/aromatic N) is 2. The highest BCUT2D eigenvalue weighted by molar-refractivity contribution is 6.31. The topological polar surface area (TPSA) is 71.0 Å². The first kappa shape index (κ1) is 11.8. The lowest BCUT2D eigenvalue weighted by molar-refractivity contribution is 0.412. The number of rotatable bonds is 2. The molecule has 5 nitrogen and oxygen atoms in total. The third kappa shape index (κ3) is 2.08. The molecular weight excluding hydrogens is 266 g/mol. The molecule has 0 fully saturated rings. The maximum Gasteiger partial charge on any atom is 0.178 e. The summed E-state index contributed by atoms with van der Waals surface area (Å²) in [5.41, 5.74) is 1.81. The van der Waals surface area contributed by atoms with E-state index in [1.807, 2.05) is 0 Å². The lowest BCUT2D eigenvalue weighted by Crippen LogP contribution is -1.86. The number of hydrogen-bond acceptors (Lipinski definition) is 4. The monoisotopic (exact) mass is 275 g/mol. The van der Waals surface area contributed by atoms with Gasteiger partial charge < -0.3 is 14.8 Å². The van der Waals surface area contributed by atoms with Crippen molar-refractivity contribution in [2.24, 2.45) is 0 Å². The van der Waals surface area contributed by atoms with Crippen molar-refractivity contribution in [2.45, 2.75) is 0 Å². The number of imidazole rings is 1. The van der Waals surface area contributed by atoms with Gasteiger partial charge in [-0.05, 0) is 24.3 Å². The molecule has 0 aliphatic rings. The van der Waals surface area contributed by atoms with Crippen molar-refractivity contribution in [3.8, 4) is 22.9 Å². The summed E-state index contributed by atoms with van der Waals surface area (Å²) in [4.78, 5) is 11.5. The number of nitrogens with one attached hydrogen (secondary N) is 1. The second-order valence-corrected chi connectivity index (χ2v) is 4.43. The highest BCUT2D eigenvalue weighted by Gasteiger charge is 2.11. The van der Waals surface area contributed by atoms with E-state index in [-0.39, 0.29) is 5.75 Å². The molecular formula is C13H10ClN3O2. The van der Waals surface area contributed by atoms with Crippen LogP contribution in [0.5, 0.6) is 11.5 Å². The fourth-order valence-corrected chi connectivity index (χ4v) is 1.99. The molecule has 0 bridgehead atoms. The Morgan fingerprint density at radius 3 is 2.95 bits per heavy atom. The molecule has 1 aromatic carbocycles. The molecule has 96 valence electrons. The van der Waals surface area contributed by atoms with E-state index < -0.39 is 0 Å². The van der Waals surface area contributed by atoms with Gasteiger partial charge in [-0.15, -0.1) is 0 Å². The number of benzene rings is 1. The number of pyridine rings is 1. The summed E-state index contributed by atoms with van der Waals surface area (Å²) >= 11 is 5.87. The molecule has 2 heterocycles. The van der Waals surface area contributed by atoms with E-state index in [2.05, 4.69) is 15.0 Å². The van der Waals surface area contributed by atoms with E-state index in [1.165, 1.54) is 6.20 Å². The number of H-pyrrole nitrogens is 1. The molecule has 19 heavy (non-hydrogen) atoms. The normalized spacial score (nSPS) is 10.8. The van der Waals surface area contributed by atoms with Gasteiger partial charge in [-0.25, -0.2) is 9.97 Å². The van der Waals surface area contributed by atoms with Gasteiger partial charge in [-0.3, -0.25) is 0 Å². The number of aromatic nitrogens is 3. The predicted molar refractivity (Wildman–Crippen MR) is 72.6 cm³/mol. The Balaban J connectivity index is 2.18. The van der Waals surface area contributed by atoms with Gasteiger partial charge in [0.1, 0.15) is 17.3 Å². The van der Waals surface area contributed by atoms with Crippen LogP contribution < -0.4 is 4.74 Å². The zero-order chi connectivity index (χ0) is 13.4. The van der Waals surface area contributed by atoms with Crippen molar-refractivity contribution in [1.29, 1.82) is 0 Å². The molecule has 2 N–H and O–H groups in total. The van der Waals surface area contributed by atoms with Gasteiger partial charge in [0.15, 0.2) is 5.65 Å². The van der Waals surface area contributed by atoms with Gasteiger partial charge in [-0.1, -0.05) is 11.6 Å². The van der Waals surface area contributed by atoms with Crippen LogP contribution in [0.25, 0.3) is 22.6 Å². The van der Waals surface area contributed by atoms with E-state index in [1.54, 1.807) is 31.4 Å². The highest BCUT2D eigenvalue weighted by atomic mass is 35.5. The number of aromatic hydroxyl groups is 1. The molecule has 0 unspecified atom stereocenters. The summed E-state index contributed by atoms with van der Waals surface area (Å²) in [6, 6.07) is 6.67. The summed E-state index contributed by atoms with van der Waals surface area (Å²) in [7, 11) is 1.57. The van der Waals surface area contributed by atoms with Crippen LogP contribution in [0.1, 0.15) is 0 Å². The summed E-state index contributed by atoms with van der Waals surface area (Å²) in [6.07, 6.45) is 1.53. The number of methoxy groups -OCH3 is 1. The number of fused-ring (bicyclic) bond motifs is 1. The van der Waals surface area contributed by atoms with E-state index in [9.17, 15) is 5.11 Å². The number of phenols is 1. The smallest absolute Gasteiger partial charge is 0.178 e. The number of aromatic amines is 1. The van der Waals surface area contributed by atoms with E-state index in [0.29, 0.717) is 33.3 Å². The minimum atomic E-state index is 0.117. The SMILES string of the molecule is COc1ccc(O)c(-c2nc3ncc(Cl)cc3[nH]2)c1. The Kier molecular flexibility index (Phi) is 2.76. The zero-order valence-corrected chi connectivity index (χ0v) is 10.8. The lowest BCUT2D eigenvalue weighted by atomic mass is 10.2. The van der Waals surface area contributed by atoms with Crippen LogP contribution in [0.4, 0.5) is 0 Å². The fraction of sp³-hybridized carbons (Fsp3) is 0.0769. The summed E-state index contributed by atoms with van der Waals surface area (Å²) < 4.78 is 5.14. The predicted octanol–water partition coefficient (Wildman–Crippen LogP) is 2.99. The Bertz CT molecular complexity index is 755. The Morgan fingerprint density at radius 1 is 1.32 bits per heavy atom. The summed E-state index contributed by atoms with van der Waals surface area (Å²) in [6.45, 7) is 0. The number of halogens is 1.